The van der Waals surface area contributed by atoms with E-state index < -0.39 is 0 Å². The van der Waals surface area contributed by atoms with Gasteiger partial charge in [-0.25, -0.2) is 0 Å². The Labute approximate surface area is 181 Å². The summed E-state index contributed by atoms with van der Waals surface area (Å²) in [7, 11) is 3.42. The smallest absolute Gasteiger partial charge is 0.272 e. The summed E-state index contributed by atoms with van der Waals surface area (Å²) >= 11 is 0. The molecule has 0 aliphatic carbocycles. The number of amides is 1. The highest BCUT2D eigenvalue weighted by atomic mass is 16.5. The molecule has 1 saturated heterocycles. The molecule has 0 bridgehead atoms. The number of piperazine rings is 1. The summed E-state index contributed by atoms with van der Waals surface area (Å²) in [5.74, 6) is 0.797. The van der Waals surface area contributed by atoms with Crippen molar-refractivity contribution >= 4 is 17.4 Å². The summed E-state index contributed by atoms with van der Waals surface area (Å²) in [6, 6.07) is 17.1. The van der Waals surface area contributed by atoms with E-state index in [-0.39, 0.29) is 11.7 Å². The first-order valence-electron chi connectivity index (χ1n) is 10.3. The monoisotopic (exact) mass is 418 g/mol. The molecule has 160 valence electrons. The number of aromatic nitrogens is 2. The number of rotatable bonds is 5. The average Bonchev–Trinajstić information content (AvgIpc) is 3.20. The molecule has 0 spiro atoms. The molecule has 0 N–H and O–H groups in total. The van der Waals surface area contributed by atoms with Gasteiger partial charge >= 0.3 is 0 Å². The van der Waals surface area contributed by atoms with Gasteiger partial charge in [0.2, 0.25) is 0 Å². The van der Waals surface area contributed by atoms with Crippen LogP contribution < -0.4 is 9.64 Å². The van der Waals surface area contributed by atoms with Crippen LogP contribution in [0, 0.1) is 0 Å². The van der Waals surface area contributed by atoms with Crippen molar-refractivity contribution in [3.63, 3.8) is 0 Å². The van der Waals surface area contributed by atoms with Gasteiger partial charge in [-0.2, -0.15) is 5.10 Å². The van der Waals surface area contributed by atoms with Gasteiger partial charge in [0.05, 0.1) is 12.8 Å². The number of methoxy groups -OCH3 is 1. The molecule has 0 radical (unpaired) electrons. The van der Waals surface area contributed by atoms with Crippen LogP contribution in [0.2, 0.25) is 0 Å². The predicted molar refractivity (Wildman–Crippen MR) is 120 cm³/mol. The zero-order chi connectivity index (χ0) is 22.0. The standard InChI is InChI=1S/C24H26N4O3/c1-17(29)18-7-9-20(10-8-18)27-11-13-28(14-12-27)24(30)23-16-22(25-26(23)2)19-5-4-6-21(15-19)31-3/h4-10,15-16H,11-14H2,1-3H3. The second-order valence-electron chi connectivity index (χ2n) is 7.65. The maximum absolute atomic E-state index is 13.1. The van der Waals surface area contributed by atoms with Gasteiger partial charge in [-0.3, -0.25) is 14.3 Å². The highest BCUT2D eigenvalue weighted by Crippen LogP contribution is 2.24. The summed E-state index contributed by atoms with van der Waals surface area (Å²) in [5, 5.41) is 4.53. The highest BCUT2D eigenvalue weighted by Gasteiger charge is 2.25. The number of anilines is 1. The van der Waals surface area contributed by atoms with Crippen LogP contribution >= 0.6 is 0 Å². The van der Waals surface area contributed by atoms with Crippen molar-refractivity contribution in [2.24, 2.45) is 7.05 Å². The van der Waals surface area contributed by atoms with Gasteiger partial charge in [-0.15, -0.1) is 0 Å². The van der Waals surface area contributed by atoms with E-state index in [4.69, 9.17) is 4.74 Å². The van der Waals surface area contributed by atoms with Crippen molar-refractivity contribution in [3.05, 3.63) is 65.9 Å². The minimum atomic E-state index is -0.0178. The van der Waals surface area contributed by atoms with Crippen molar-refractivity contribution in [1.29, 1.82) is 0 Å². The number of Topliss-reactive ketones (excluding diaryl/α,β-unsaturated/α-hetero) is 1. The third-order valence-corrected chi connectivity index (χ3v) is 5.67. The van der Waals surface area contributed by atoms with Crippen molar-refractivity contribution < 1.29 is 14.3 Å². The van der Waals surface area contributed by atoms with Crippen molar-refractivity contribution in [1.82, 2.24) is 14.7 Å². The van der Waals surface area contributed by atoms with Gasteiger partial charge < -0.3 is 14.5 Å². The molecule has 1 aromatic heterocycles. The lowest BCUT2D eigenvalue weighted by molar-refractivity contribution is 0.0735. The Kier molecular flexibility index (Phi) is 5.75. The Morgan fingerprint density at radius 2 is 1.68 bits per heavy atom. The molecule has 7 nitrogen and oxygen atoms in total. The number of ether oxygens (including phenoxy) is 1. The predicted octanol–water partition coefficient (Wildman–Crippen LogP) is 3.26. The van der Waals surface area contributed by atoms with Crippen LogP contribution in [0.5, 0.6) is 5.75 Å². The Balaban J connectivity index is 1.44. The number of nitrogens with zero attached hydrogens (tertiary/aromatic N) is 4. The van der Waals surface area contributed by atoms with Gasteiger partial charge in [0.25, 0.3) is 5.91 Å². The normalized spacial score (nSPS) is 13.9. The van der Waals surface area contributed by atoms with E-state index in [0.29, 0.717) is 24.3 Å². The summed E-state index contributed by atoms with van der Waals surface area (Å²) in [5.41, 5.74) is 4.00. The number of carbonyl (C=O) groups is 2. The van der Waals surface area contributed by atoms with Crippen LogP contribution in [0.3, 0.4) is 0 Å². The summed E-state index contributed by atoms with van der Waals surface area (Å²) in [6.45, 7) is 4.31. The summed E-state index contributed by atoms with van der Waals surface area (Å²) in [6.07, 6.45) is 0. The maximum atomic E-state index is 13.1. The fourth-order valence-electron chi connectivity index (χ4n) is 3.83. The molecular weight excluding hydrogens is 392 g/mol. The first-order chi connectivity index (χ1) is 15.0. The molecule has 0 atom stereocenters. The van der Waals surface area contributed by atoms with E-state index in [1.54, 1.807) is 25.8 Å². The third kappa shape index (κ3) is 4.30. The van der Waals surface area contributed by atoms with E-state index in [1.807, 2.05) is 59.5 Å². The van der Waals surface area contributed by atoms with Gasteiger partial charge in [-0.05, 0) is 49.4 Å². The minimum absolute atomic E-state index is 0.0178. The molecule has 1 amide bonds. The number of ketones is 1. The Morgan fingerprint density at radius 3 is 2.32 bits per heavy atom. The van der Waals surface area contributed by atoms with E-state index in [2.05, 4.69) is 10.00 Å². The molecule has 4 rings (SSSR count). The van der Waals surface area contributed by atoms with E-state index in [0.717, 1.165) is 35.8 Å². The van der Waals surface area contributed by atoms with Gasteiger partial charge in [-0.1, -0.05) is 12.1 Å². The van der Waals surface area contributed by atoms with Crippen LogP contribution in [0.1, 0.15) is 27.8 Å². The molecule has 2 heterocycles. The van der Waals surface area contributed by atoms with Crippen LogP contribution in [-0.4, -0.2) is 59.7 Å². The van der Waals surface area contributed by atoms with Crippen LogP contribution in [0.25, 0.3) is 11.3 Å². The lowest BCUT2D eigenvalue weighted by Gasteiger charge is -2.36. The van der Waals surface area contributed by atoms with Crippen molar-refractivity contribution in [2.75, 3.05) is 38.2 Å². The zero-order valence-corrected chi connectivity index (χ0v) is 18.0. The third-order valence-electron chi connectivity index (χ3n) is 5.67. The second-order valence-corrected chi connectivity index (χ2v) is 7.65. The summed E-state index contributed by atoms with van der Waals surface area (Å²) in [4.78, 5) is 28.7. The van der Waals surface area contributed by atoms with E-state index in [9.17, 15) is 9.59 Å². The lowest BCUT2D eigenvalue weighted by atomic mass is 10.1. The first-order valence-corrected chi connectivity index (χ1v) is 10.3. The quantitative estimate of drug-likeness (QED) is 0.595. The average molecular weight is 418 g/mol. The van der Waals surface area contributed by atoms with Crippen LogP contribution in [0.4, 0.5) is 5.69 Å². The Hall–Kier alpha value is -3.61. The molecule has 1 fully saturated rings. The number of hydrogen-bond donors (Lipinski definition) is 0. The molecule has 1 aliphatic heterocycles. The first kappa shape index (κ1) is 20.7. The van der Waals surface area contributed by atoms with Gasteiger partial charge in [0.15, 0.2) is 5.78 Å². The molecule has 0 unspecified atom stereocenters. The molecule has 1 aliphatic rings. The van der Waals surface area contributed by atoms with Crippen molar-refractivity contribution in [3.8, 4) is 17.0 Å². The molecule has 0 saturated carbocycles. The largest absolute Gasteiger partial charge is 0.497 e. The zero-order valence-electron chi connectivity index (χ0n) is 18.0. The fourth-order valence-corrected chi connectivity index (χ4v) is 3.83. The van der Waals surface area contributed by atoms with E-state index in [1.165, 1.54) is 0 Å². The van der Waals surface area contributed by atoms with Gasteiger partial charge in [0, 0.05) is 50.0 Å². The second kappa shape index (κ2) is 8.63. The number of hydrogen-bond acceptors (Lipinski definition) is 5. The Morgan fingerprint density at radius 1 is 0.968 bits per heavy atom. The van der Waals surface area contributed by atoms with Crippen molar-refractivity contribution in [2.45, 2.75) is 6.92 Å². The van der Waals surface area contributed by atoms with Crippen LogP contribution in [-0.2, 0) is 7.05 Å². The fraction of sp³-hybridized carbons (Fsp3) is 0.292. The minimum Gasteiger partial charge on any atom is -0.497 e. The Bertz CT molecular complexity index is 1100. The van der Waals surface area contributed by atoms with Gasteiger partial charge in [0.1, 0.15) is 11.4 Å². The topological polar surface area (TPSA) is 67.7 Å². The maximum Gasteiger partial charge on any atom is 0.272 e. The molecule has 7 heteroatoms. The number of carbonyl (C=O) groups excluding carboxylic acids is 2. The summed E-state index contributed by atoms with van der Waals surface area (Å²) < 4.78 is 6.93. The molecule has 2 aromatic carbocycles. The molecule has 31 heavy (non-hydrogen) atoms. The highest BCUT2D eigenvalue weighted by molar-refractivity contribution is 5.95. The molecular formula is C24H26N4O3. The molecule has 3 aromatic rings. The number of aryl methyl sites for hydroxylation is 1. The van der Waals surface area contributed by atoms with E-state index >= 15 is 0 Å². The number of benzene rings is 2. The SMILES string of the molecule is COc1cccc(-c2cc(C(=O)N3CCN(c4ccc(C(C)=O)cc4)CC3)n(C)n2)c1. The lowest BCUT2D eigenvalue weighted by Crippen LogP contribution is -2.49. The van der Waals surface area contributed by atoms with Crippen LogP contribution in [0.15, 0.2) is 54.6 Å².